The van der Waals surface area contributed by atoms with Crippen molar-refractivity contribution in [3.8, 4) is 0 Å². The number of aryl methyl sites for hydroxylation is 2. The number of nitrogens with zero attached hydrogens (tertiary/aromatic N) is 2. The van der Waals surface area contributed by atoms with Crippen molar-refractivity contribution < 1.29 is 14.0 Å². The summed E-state index contributed by atoms with van der Waals surface area (Å²) in [5.41, 5.74) is 2.63. The molecular formula is C21H27N3O3. The second-order valence-corrected chi connectivity index (χ2v) is 6.92. The van der Waals surface area contributed by atoms with Crippen molar-refractivity contribution in [3.63, 3.8) is 0 Å². The van der Waals surface area contributed by atoms with Gasteiger partial charge in [0, 0.05) is 50.4 Å². The quantitative estimate of drug-likeness (QED) is 0.880. The molecule has 0 unspecified atom stereocenters. The van der Waals surface area contributed by atoms with Gasteiger partial charge in [0.15, 0.2) is 0 Å². The molecule has 0 aliphatic carbocycles. The first-order valence-electron chi connectivity index (χ1n) is 9.40. The second kappa shape index (κ2) is 8.29. The third kappa shape index (κ3) is 4.32. The van der Waals surface area contributed by atoms with Crippen LogP contribution < -0.4 is 10.2 Å². The second-order valence-electron chi connectivity index (χ2n) is 6.92. The number of furan rings is 1. The van der Waals surface area contributed by atoms with Gasteiger partial charge < -0.3 is 19.5 Å². The van der Waals surface area contributed by atoms with Crippen molar-refractivity contribution in [2.24, 2.45) is 0 Å². The Balaban J connectivity index is 1.44. The lowest BCUT2D eigenvalue weighted by atomic mass is 10.1. The molecule has 0 atom stereocenters. The van der Waals surface area contributed by atoms with Crippen LogP contribution in [0.25, 0.3) is 0 Å². The summed E-state index contributed by atoms with van der Waals surface area (Å²) in [6.45, 7) is 8.91. The van der Waals surface area contributed by atoms with Crippen molar-refractivity contribution in [1.82, 2.24) is 10.2 Å². The van der Waals surface area contributed by atoms with E-state index in [4.69, 9.17) is 4.42 Å². The Labute approximate surface area is 160 Å². The molecule has 1 aliphatic rings. The fourth-order valence-electron chi connectivity index (χ4n) is 3.51. The number of benzene rings is 1. The van der Waals surface area contributed by atoms with Gasteiger partial charge in [-0.2, -0.15) is 0 Å². The molecule has 1 aromatic heterocycles. The monoisotopic (exact) mass is 369 g/mol. The minimum atomic E-state index is -0.177. The summed E-state index contributed by atoms with van der Waals surface area (Å²) in [5.74, 6) is 1.28. The summed E-state index contributed by atoms with van der Waals surface area (Å²) < 4.78 is 5.49. The number of nitrogens with one attached hydrogen (secondary N) is 1. The molecular weight excluding hydrogens is 342 g/mol. The zero-order chi connectivity index (χ0) is 19.4. The van der Waals surface area contributed by atoms with Gasteiger partial charge in [-0.05, 0) is 32.9 Å². The van der Waals surface area contributed by atoms with E-state index in [0.717, 1.165) is 24.4 Å². The molecule has 6 heteroatoms. The Bertz CT molecular complexity index is 806. The van der Waals surface area contributed by atoms with Gasteiger partial charge in [0.25, 0.3) is 5.91 Å². The van der Waals surface area contributed by atoms with Crippen LogP contribution in [0.2, 0.25) is 0 Å². The third-order valence-corrected chi connectivity index (χ3v) is 5.17. The standard InChI is InChI=1S/C21H27N3O3/c1-15-16(2)27-17(3)20(15)21(26)22-10-9-19(25)24-13-11-23(12-14-24)18-7-5-4-6-8-18/h4-8H,9-14H2,1-3H3,(H,22,26). The van der Waals surface area contributed by atoms with Crippen molar-refractivity contribution in [2.75, 3.05) is 37.6 Å². The lowest BCUT2D eigenvalue weighted by Gasteiger charge is -2.36. The topological polar surface area (TPSA) is 65.8 Å². The lowest BCUT2D eigenvalue weighted by Crippen LogP contribution is -2.49. The average molecular weight is 369 g/mol. The van der Waals surface area contributed by atoms with Crippen molar-refractivity contribution in [2.45, 2.75) is 27.2 Å². The van der Waals surface area contributed by atoms with E-state index in [1.54, 1.807) is 6.92 Å². The molecule has 0 saturated carbocycles. The molecule has 1 saturated heterocycles. The van der Waals surface area contributed by atoms with Gasteiger partial charge in [-0.1, -0.05) is 18.2 Å². The van der Waals surface area contributed by atoms with Crippen LogP contribution in [-0.4, -0.2) is 49.4 Å². The number of para-hydroxylation sites is 1. The Kier molecular flexibility index (Phi) is 5.84. The number of anilines is 1. The Morgan fingerprint density at radius 3 is 2.26 bits per heavy atom. The zero-order valence-corrected chi connectivity index (χ0v) is 16.2. The van der Waals surface area contributed by atoms with E-state index in [1.807, 2.05) is 36.9 Å². The lowest BCUT2D eigenvalue weighted by molar-refractivity contribution is -0.131. The number of carbonyl (C=O) groups is 2. The van der Waals surface area contributed by atoms with E-state index >= 15 is 0 Å². The fourth-order valence-corrected chi connectivity index (χ4v) is 3.51. The smallest absolute Gasteiger partial charge is 0.255 e. The number of carbonyl (C=O) groups excluding carboxylic acids is 2. The first-order chi connectivity index (χ1) is 13.0. The molecule has 1 fully saturated rings. The van der Waals surface area contributed by atoms with Crippen LogP contribution in [0, 0.1) is 20.8 Å². The molecule has 1 aliphatic heterocycles. The van der Waals surface area contributed by atoms with Crippen molar-refractivity contribution in [1.29, 1.82) is 0 Å². The summed E-state index contributed by atoms with van der Waals surface area (Å²) in [6.07, 6.45) is 0.312. The maximum Gasteiger partial charge on any atom is 0.255 e. The average Bonchev–Trinajstić information content (AvgIpc) is 2.94. The highest BCUT2D eigenvalue weighted by Crippen LogP contribution is 2.20. The van der Waals surface area contributed by atoms with Crippen LogP contribution in [0.15, 0.2) is 34.7 Å². The van der Waals surface area contributed by atoms with Crippen LogP contribution >= 0.6 is 0 Å². The molecule has 2 heterocycles. The van der Waals surface area contributed by atoms with Gasteiger partial charge in [-0.25, -0.2) is 0 Å². The first kappa shape index (κ1) is 19.0. The Morgan fingerprint density at radius 1 is 1.00 bits per heavy atom. The van der Waals surface area contributed by atoms with Gasteiger partial charge in [-0.15, -0.1) is 0 Å². The number of rotatable bonds is 5. The number of hydrogen-bond acceptors (Lipinski definition) is 4. The van der Waals surface area contributed by atoms with E-state index in [1.165, 1.54) is 5.69 Å². The van der Waals surface area contributed by atoms with E-state index < -0.39 is 0 Å². The number of piperazine rings is 1. The zero-order valence-electron chi connectivity index (χ0n) is 16.2. The van der Waals surface area contributed by atoms with E-state index in [9.17, 15) is 9.59 Å². The summed E-state index contributed by atoms with van der Waals surface area (Å²) in [5, 5.41) is 2.84. The van der Waals surface area contributed by atoms with Crippen LogP contribution in [0.4, 0.5) is 5.69 Å². The predicted octanol–water partition coefficient (Wildman–Crippen LogP) is 2.67. The minimum Gasteiger partial charge on any atom is -0.466 e. The highest BCUT2D eigenvalue weighted by Gasteiger charge is 2.22. The van der Waals surface area contributed by atoms with E-state index in [0.29, 0.717) is 37.4 Å². The summed E-state index contributed by atoms with van der Waals surface area (Å²) in [4.78, 5) is 29.0. The highest BCUT2D eigenvalue weighted by molar-refractivity contribution is 5.97. The molecule has 1 aromatic carbocycles. The third-order valence-electron chi connectivity index (χ3n) is 5.17. The predicted molar refractivity (Wildman–Crippen MR) is 105 cm³/mol. The van der Waals surface area contributed by atoms with Gasteiger partial charge >= 0.3 is 0 Å². The summed E-state index contributed by atoms with van der Waals surface area (Å²) in [7, 11) is 0. The van der Waals surface area contributed by atoms with Gasteiger partial charge in [0.2, 0.25) is 5.91 Å². The molecule has 27 heavy (non-hydrogen) atoms. The van der Waals surface area contributed by atoms with Crippen molar-refractivity contribution >= 4 is 17.5 Å². The molecule has 1 N–H and O–H groups in total. The number of amides is 2. The Morgan fingerprint density at radius 2 is 1.67 bits per heavy atom. The first-order valence-corrected chi connectivity index (χ1v) is 9.40. The molecule has 2 amide bonds. The molecule has 0 radical (unpaired) electrons. The molecule has 6 nitrogen and oxygen atoms in total. The molecule has 0 spiro atoms. The molecule has 3 rings (SSSR count). The van der Waals surface area contributed by atoms with Gasteiger partial charge in [-0.3, -0.25) is 9.59 Å². The maximum atomic E-state index is 12.4. The Hall–Kier alpha value is -2.76. The van der Waals surface area contributed by atoms with E-state index in [-0.39, 0.29) is 11.8 Å². The van der Waals surface area contributed by atoms with Crippen molar-refractivity contribution in [3.05, 3.63) is 53.0 Å². The maximum absolute atomic E-state index is 12.4. The summed E-state index contributed by atoms with van der Waals surface area (Å²) in [6, 6.07) is 10.2. The van der Waals surface area contributed by atoms with E-state index in [2.05, 4.69) is 22.3 Å². The van der Waals surface area contributed by atoms with Crippen LogP contribution in [0.5, 0.6) is 0 Å². The van der Waals surface area contributed by atoms with Gasteiger partial charge in [0.05, 0.1) is 5.56 Å². The fraction of sp³-hybridized carbons (Fsp3) is 0.429. The van der Waals surface area contributed by atoms with Crippen LogP contribution in [-0.2, 0) is 4.79 Å². The molecule has 2 aromatic rings. The normalized spacial score (nSPS) is 14.3. The SMILES string of the molecule is Cc1oc(C)c(C(=O)NCCC(=O)N2CCN(c3ccccc3)CC2)c1C. The van der Waals surface area contributed by atoms with Crippen LogP contribution in [0.3, 0.4) is 0 Å². The van der Waals surface area contributed by atoms with Crippen LogP contribution in [0.1, 0.15) is 33.9 Å². The number of hydrogen-bond donors (Lipinski definition) is 1. The highest BCUT2D eigenvalue weighted by atomic mass is 16.3. The minimum absolute atomic E-state index is 0.0832. The summed E-state index contributed by atoms with van der Waals surface area (Å²) >= 11 is 0. The largest absolute Gasteiger partial charge is 0.466 e. The molecule has 144 valence electrons. The van der Waals surface area contributed by atoms with Gasteiger partial charge in [0.1, 0.15) is 11.5 Å². The molecule has 0 bridgehead atoms.